The van der Waals surface area contributed by atoms with Gasteiger partial charge in [0.25, 0.3) is 0 Å². The third-order valence-corrected chi connectivity index (χ3v) is 3.37. The molecule has 0 spiro atoms. The minimum Gasteiger partial charge on any atom is -0.378 e. The highest BCUT2D eigenvalue weighted by Crippen LogP contribution is 2.24. The summed E-state index contributed by atoms with van der Waals surface area (Å²) in [5.74, 6) is 2.38. The molecular formula is C14H29N3O. The Morgan fingerprint density at radius 1 is 1.39 bits per heavy atom. The van der Waals surface area contributed by atoms with Crippen LogP contribution in [0.4, 0.5) is 0 Å². The Hall–Kier alpha value is -0.770. The lowest BCUT2D eigenvalue weighted by Crippen LogP contribution is -2.39. The largest absolute Gasteiger partial charge is 0.378 e. The molecule has 0 bridgehead atoms. The molecule has 0 aromatic rings. The van der Waals surface area contributed by atoms with Gasteiger partial charge >= 0.3 is 0 Å². The zero-order chi connectivity index (χ0) is 13.5. The van der Waals surface area contributed by atoms with E-state index in [1.54, 1.807) is 0 Å². The van der Waals surface area contributed by atoms with Crippen LogP contribution in [0.25, 0.3) is 0 Å². The maximum absolute atomic E-state index is 5.84. The van der Waals surface area contributed by atoms with Crippen LogP contribution in [-0.2, 0) is 4.74 Å². The normalized spacial score (nSPS) is 25.8. The second kappa shape index (κ2) is 7.62. The predicted molar refractivity (Wildman–Crippen MR) is 76.6 cm³/mol. The summed E-state index contributed by atoms with van der Waals surface area (Å²) < 4.78 is 5.77. The van der Waals surface area contributed by atoms with Crippen molar-refractivity contribution in [2.75, 3.05) is 19.7 Å². The van der Waals surface area contributed by atoms with Gasteiger partial charge in [-0.3, -0.25) is 4.99 Å². The molecule has 1 rings (SSSR count). The van der Waals surface area contributed by atoms with Crippen molar-refractivity contribution in [3.8, 4) is 0 Å². The lowest BCUT2D eigenvalue weighted by atomic mass is 9.90. The summed E-state index contributed by atoms with van der Waals surface area (Å²) in [7, 11) is 0. The maximum atomic E-state index is 5.84. The smallest absolute Gasteiger partial charge is 0.188 e. The first-order chi connectivity index (χ1) is 8.49. The van der Waals surface area contributed by atoms with Gasteiger partial charge in [0.2, 0.25) is 0 Å². The standard InChI is InChI=1S/C14H29N3O/c1-10(2)8-16-14(15)17-9-12-5-6-18-13(7-12)11(3)4/h10-13H,5-9H2,1-4H3,(H3,15,16,17). The Balaban J connectivity index is 2.28. The van der Waals surface area contributed by atoms with E-state index in [1.807, 2.05) is 0 Å². The van der Waals surface area contributed by atoms with Crippen LogP contribution in [0.2, 0.25) is 0 Å². The molecule has 2 atom stereocenters. The number of hydrogen-bond acceptors (Lipinski definition) is 2. The van der Waals surface area contributed by atoms with Crippen molar-refractivity contribution in [2.45, 2.75) is 46.6 Å². The molecule has 1 heterocycles. The number of hydrogen-bond donors (Lipinski definition) is 2. The Bertz CT molecular complexity index is 264. The highest BCUT2D eigenvalue weighted by Gasteiger charge is 2.24. The second-order valence-corrected chi connectivity index (χ2v) is 6.04. The highest BCUT2D eigenvalue weighted by molar-refractivity contribution is 5.77. The lowest BCUT2D eigenvalue weighted by Gasteiger charge is -2.32. The van der Waals surface area contributed by atoms with Crippen LogP contribution in [0, 0.1) is 17.8 Å². The number of rotatable bonds is 5. The van der Waals surface area contributed by atoms with Crippen molar-refractivity contribution in [1.29, 1.82) is 0 Å². The monoisotopic (exact) mass is 255 g/mol. The van der Waals surface area contributed by atoms with Crippen molar-refractivity contribution in [3.05, 3.63) is 0 Å². The maximum Gasteiger partial charge on any atom is 0.188 e. The van der Waals surface area contributed by atoms with Crippen LogP contribution < -0.4 is 11.1 Å². The number of ether oxygens (including phenoxy) is 1. The molecule has 2 unspecified atom stereocenters. The molecule has 3 N–H and O–H groups in total. The van der Waals surface area contributed by atoms with Gasteiger partial charge in [-0.25, -0.2) is 0 Å². The molecular weight excluding hydrogens is 226 g/mol. The average molecular weight is 255 g/mol. The minimum atomic E-state index is 0.402. The summed E-state index contributed by atoms with van der Waals surface area (Å²) in [5.41, 5.74) is 5.84. The molecule has 0 saturated carbocycles. The summed E-state index contributed by atoms with van der Waals surface area (Å²) in [6.07, 6.45) is 2.65. The number of guanidine groups is 1. The molecule has 1 fully saturated rings. The van der Waals surface area contributed by atoms with Crippen molar-refractivity contribution >= 4 is 5.96 Å². The molecule has 1 aliphatic rings. The Kier molecular flexibility index (Phi) is 6.47. The molecule has 4 nitrogen and oxygen atoms in total. The first kappa shape index (κ1) is 15.3. The molecule has 0 amide bonds. The highest BCUT2D eigenvalue weighted by atomic mass is 16.5. The first-order valence-electron chi connectivity index (χ1n) is 7.14. The Labute approximate surface area is 111 Å². The van der Waals surface area contributed by atoms with Gasteiger partial charge in [0.1, 0.15) is 0 Å². The van der Waals surface area contributed by atoms with Crippen molar-refractivity contribution < 1.29 is 4.74 Å². The van der Waals surface area contributed by atoms with Gasteiger partial charge in [-0.1, -0.05) is 27.7 Å². The van der Waals surface area contributed by atoms with Crippen LogP contribution in [0.5, 0.6) is 0 Å². The summed E-state index contributed by atoms with van der Waals surface area (Å²) in [4.78, 5) is 4.31. The van der Waals surface area contributed by atoms with Crippen LogP contribution in [-0.4, -0.2) is 31.8 Å². The van der Waals surface area contributed by atoms with Crippen molar-refractivity contribution in [3.63, 3.8) is 0 Å². The fraction of sp³-hybridized carbons (Fsp3) is 0.929. The third-order valence-electron chi connectivity index (χ3n) is 3.37. The quantitative estimate of drug-likeness (QED) is 0.583. The van der Waals surface area contributed by atoms with E-state index in [0.717, 1.165) is 32.5 Å². The molecule has 0 aromatic heterocycles. The Morgan fingerprint density at radius 2 is 2.11 bits per heavy atom. The van der Waals surface area contributed by atoms with Gasteiger partial charge in [-0.15, -0.1) is 0 Å². The molecule has 0 aliphatic carbocycles. The second-order valence-electron chi connectivity index (χ2n) is 6.04. The Morgan fingerprint density at radius 3 is 2.72 bits per heavy atom. The number of nitrogens with zero attached hydrogens (tertiary/aromatic N) is 1. The first-order valence-corrected chi connectivity index (χ1v) is 7.14. The summed E-state index contributed by atoms with van der Waals surface area (Å²) in [6.45, 7) is 11.3. The van der Waals surface area contributed by atoms with Crippen molar-refractivity contribution in [1.82, 2.24) is 5.32 Å². The summed E-state index contributed by atoms with van der Waals surface area (Å²) >= 11 is 0. The average Bonchev–Trinajstić information content (AvgIpc) is 2.34. The van der Waals surface area contributed by atoms with E-state index in [2.05, 4.69) is 38.0 Å². The molecule has 0 aromatic carbocycles. The van der Waals surface area contributed by atoms with Crippen molar-refractivity contribution in [2.24, 2.45) is 28.5 Å². The van der Waals surface area contributed by atoms with Gasteiger partial charge in [-0.05, 0) is 30.6 Å². The van der Waals surface area contributed by atoms with E-state index >= 15 is 0 Å². The fourth-order valence-corrected chi connectivity index (χ4v) is 2.14. The SMILES string of the molecule is CC(C)CN=C(N)NCC1CCOC(C(C)C)C1. The fourth-order valence-electron chi connectivity index (χ4n) is 2.14. The third kappa shape index (κ3) is 5.71. The molecule has 1 aliphatic heterocycles. The van der Waals surface area contributed by atoms with Gasteiger partial charge < -0.3 is 15.8 Å². The summed E-state index contributed by atoms with van der Waals surface area (Å²) in [5, 5.41) is 3.24. The van der Waals surface area contributed by atoms with Crippen LogP contribution in [0.15, 0.2) is 4.99 Å². The molecule has 18 heavy (non-hydrogen) atoms. The predicted octanol–water partition coefficient (Wildman–Crippen LogP) is 2.00. The van der Waals surface area contributed by atoms with Gasteiger partial charge in [0.15, 0.2) is 5.96 Å². The number of nitrogens with two attached hydrogens (primary N) is 1. The molecule has 0 radical (unpaired) electrons. The van der Waals surface area contributed by atoms with Gasteiger partial charge in [0, 0.05) is 19.7 Å². The zero-order valence-electron chi connectivity index (χ0n) is 12.3. The lowest BCUT2D eigenvalue weighted by molar-refractivity contribution is -0.0329. The van der Waals surface area contributed by atoms with Crippen LogP contribution in [0.3, 0.4) is 0 Å². The van der Waals surface area contributed by atoms with Gasteiger partial charge in [0.05, 0.1) is 6.10 Å². The zero-order valence-corrected chi connectivity index (χ0v) is 12.3. The van der Waals surface area contributed by atoms with E-state index in [4.69, 9.17) is 10.5 Å². The van der Waals surface area contributed by atoms with E-state index in [1.165, 1.54) is 0 Å². The van der Waals surface area contributed by atoms with E-state index < -0.39 is 0 Å². The molecule has 1 saturated heterocycles. The minimum absolute atomic E-state index is 0.402. The van der Waals surface area contributed by atoms with E-state index in [9.17, 15) is 0 Å². The molecule has 4 heteroatoms. The van der Waals surface area contributed by atoms with E-state index in [0.29, 0.717) is 29.8 Å². The van der Waals surface area contributed by atoms with E-state index in [-0.39, 0.29) is 0 Å². The number of nitrogens with one attached hydrogen (secondary N) is 1. The topological polar surface area (TPSA) is 59.6 Å². The van der Waals surface area contributed by atoms with Crippen LogP contribution in [0.1, 0.15) is 40.5 Å². The molecule has 106 valence electrons. The summed E-state index contributed by atoms with van der Waals surface area (Å²) in [6, 6.07) is 0. The number of aliphatic imine (C=N–C) groups is 1. The van der Waals surface area contributed by atoms with Gasteiger partial charge in [-0.2, -0.15) is 0 Å². The van der Waals surface area contributed by atoms with Crippen LogP contribution >= 0.6 is 0 Å².